The van der Waals surface area contributed by atoms with Crippen LogP contribution in [0, 0.1) is 11.3 Å². The molecular formula is C13H27N3O4S. The van der Waals surface area contributed by atoms with Crippen molar-refractivity contribution < 1.29 is 18.3 Å². The highest BCUT2D eigenvalue weighted by molar-refractivity contribution is 7.87. The van der Waals surface area contributed by atoms with Gasteiger partial charge in [0.1, 0.15) is 0 Å². The number of carboxylic acids is 1. The van der Waals surface area contributed by atoms with Crippen LogP contribution in [0.15, 0.2) is 0 Å². The Hall–Kier alpha value is -0.700. The molecule has 0 aromatic rings. The van der Waals surface area contributed by atoms with Gasteiger partial charge >= 0.3 is 5.97 Å². The average Bonchev–Trinajstić information content (AvgIpc) is 2.35. The number of rotatable bonds is 7. The lowest BCUT2D eigenvalue weighted by atomic mass is 9.93. The first-order valence-corrected chi connectivity index (χ1v) is 8.60. The van der Waals surface area contributed by atoms with Crippen molar-refractivity contribution in [2.75, 3.05) is 40.3 Å². The minimum atomic E-state index is -3.62. The Morgan fingerprint density at radius 1 is 1.43 bits per heavy atom. The molecule has 21 heavy (non-hydrogen) atoms. The fourth-order valence-corrected chi connectivity index (χ4v) is 4.15. The van der Waals surface area contributed by atoms with E-state index >= 15 is 0 Å². The molecule has 0 aromatic carbocycles. The van der Waals surface area contributed by atoms with E-state index in [0.29, 0.717) is 25.9 Å². The number of nitrogens with one attached hydrogen (secondary N) is 1. The quantitative estimate of drug-likeness (QED) is 0.699. The molecule has 0 aliphatic carbocycles. The highest BCUT2D eigenvalue weighted by Crippen LogP contribution is 2.20. The van der Waals surface area contributed by atoms with Crippen LogP contribution in [0.2, 0.25) is 0 Å². The van der Waals surface area contributed by atoms with Crippen molar-refractivity contribution in [2.24, 2.45) is 11.3 Å². The Bertz CT molecular complexity index is 462. The largest absolute Gasteiger partial charge is 0.481 e. The molecule has 1 fully saturated rings. The summed E-state index contributed by atoms with van der Waals surface area (Å²) in [4.78, 5) is 13.0. The van der Waals surface area contributed by atoms with E-state index in [1.165, 1.54) is 4.31 Å². The summed E-state index contributed by atoms with van der Waals surface area (Å²) in [6, 6.07) is 0. The molecule has 0 radical (unpaired) electrons. The highest BCUT2D eigenvalue weighted by Gasteiger charge is 2.33. The van der Waals surface area contributed by atoms with Gasteiger partial charge in [-0.2, -0.15) is 12.7 Å². The van der Waals surface area contributed by atoms with Crippen LogP contribution >= 0.6 is 0 Å². The van der Waals surface area contributed by atoms with Gasteiger partial charge in [0.05, 0.1) is 5.92 Å². The molecular weight excluding hydrogens is 294 g/mol. The molecule has 1 aliphatic rings. The van der Waals surface area contributed by atoms with E-state index in [1.807, 2.05) is 32.8 Å². The molecule has 8 heteroatoms. The number of aliphatic carboxylic acids is 1. The summed E-state index contributed by atoms with van der Waals surface area (Å²) in [6.45, 7) is 5.50. The summed E-state index contributed by atoms with van der Waals surface area (Å²) in [7, 11) is 0.268. The molecule has 0 saturated carbocycles. The van der Waals surface area contributed by atoms with Crippen LogP contribution in [0.1, 0.15) is 26.7 Å². The number of carboxylic acid groups (broad SMARTS) is 1. The van der Waals surface area contributed by atoms with E-state index in [0.717, 1.165) is 6.54 Å². The van der Waals surface area contributed by atoms with Gasteiger partial charge in [-0.3, -0.25) is 4.79 Å². The Morgan fingerprint density at radius 3 is 2.57 bits per heavy atom. The van der Waals surface area contributed by atoms with Crippen molar-refractivity contribution in [3.63, 3.8) is 0 Å². The van der Waals surface area contributed by atoms with Gasteiger partial charge in [-0.05, 0) is 32.4 Å². The predicted molar refractivity (Wildman–Crippen MR) is 81.2 cm³/mol. The first kappa shape index (κ1) is 18.3. The van der Waals surface area contributed by atoms with Crippen LogP contribution in [-0.2, 0) is 15.0 Å². The van der Waals surface area contributed by atoms with Crippen molar-refractivity contribution in [2.45, 2.75) is 26.7 Å². The number of hydrogen-bond acceptors (Lipinski definition) is 4. The zero-order chi connectivity index (χ0) is 16.3. The predicted octanol–water partition coefficient (Wildman–Crippen LogP) is 0.205. The molecule has 1 saturated heterocycles. The normalized spacial score (nSPS) is 21.7. The number of piperidine rings is 1. The molecule has 0 spiro atoms. The summed E-state index contributed by atoms with van der Waals surface area (Å²) >= 11 is 0. The smallest absolute Gasteiger partial charge is 0.307 e. The Morgan fingerprint density at radius 2 is 2.05 bits per heavy atom. The fourth-order valence-electron chi connectivity index (χ4n) is 2.65. The first-order valence-electron chi connectivity index (χ1n) is 7.16. The monoisotopic (exact) mass is 321 g/mol. The molecule has 1 aliphatic heterocycles. The molecule has 124 valence electrons. The zero-order valence-electron chi connectivity index (χ0n) is 13.3. The lowest BCUT2D eigenvalue weighted by Gasteiger charge is -2.32. The molecule has 0 amide bonds. The maximum Gasteiger partial charge on any atom is 0.307 e. The van der Waals surface area contributed by atoms with Crippen molar-refractivity contribution in [1.29, 1.82) is 0 Å². The lowest BCUT2D eigenvalue weighted by Crippen LogP contribution is -2.50. The topological polar surface area (TPSA) is 90.0 Å². The van der Waals surface area contributed by atoms with E-state index in [1.54, 1.807) is 0 Å². The molecule has 7 nitrogen and oxygen atoms in total. The van der Waals surface area contributed by atoms with Crippen LogP contribution in [0.3, 0.4) is 0 Å². The molecule has 0 bridgehead atoms. The summed E-state index contributed by atoms with van der Waals surface area (Å²) in [5, 5.41) is 9.03. The van der Waals surface area contributed by atoms with Gasteiger partial charge < -0.3 is 10.0 Å². The highest BCUT2D eigenvalue weighted by atomic mass is 32.2. The van der Waals surface area contributed by atoms with E-state index in [9.17, 15) is 13.2 Å². The first-order chi connectivity index (χ1) is 9.53. The van der Waals surface area contributed by atoms with E-state index < -0.39 is 22.1 Å². The third-order valence-electron chi connectivity index (χ3n) is 3.55. The maximum absolute atomic E-state index is 12.3. The molecule has 1 rings (SSSR count). The molecule has 0 aromatic heterocycles. The standard InChI is InChI=1S/C13H27N3O4S/c1-13(2,10-15(3)4)9-14-21(19,20)16-7-5-6-11(8-16)12(17)18/h11,14H,5-10H2,1-4H3,(H,17,18). The van der Waals surface area contributed by atoms with Gasteiger partial charge in [0.15, 0.2) is 0 Å². The van der Waals surface area contributed by atoms with Crippen LogP contribution < -0.4 is 4.72 Å². The summed E-state index contributed by atoms with van der Waals surface area (Å²) in [5.41, 5.74) is -0.196. The Labute approximate surface area is 127 Å². The van der Waals surface area contributed by atoms with E-state index in [-0.39, 0.29) is 12.0 Å². The lowest BCUT2D eigenvalue weighted by molar-refractivity contribution is -0.142. The van der Waals surface area contributed by atoms with Gasteiger partial charge in [-0.1, -0.05) is 13.8 Å². The Kier molecular flexibility index (Phi) is 6.15. The van der Waals surface area contributed by atoms with Crippen molar-refractivity contribution in [1.82, 2.24) is 13.9 Å². The number of carbonyl (C=O) groups is 1. The second kappa shape index (κ2) is 7.04. The minimum Gasteiger partial charge on any atom is -0.481 e. The maximum atomic E-state index is 12.3. The van der Waals surface area contributed by atoms with Gasteiger partial charge in [0, 0.05) is 26.2 Å². The molecule has 2 N–H and O–H groups in total. The van der Waals surface area contributed by atoms with Gasteiger partial charge in [-0.25, -0.2) is 4.72 Å². The second-order valence-electron chi connectivity index (χ2n) is 6.76. The van der Waals surface area contributed by atoms with E-state index in [4.69, 9.17) is 5.11 Å². The van der Waals surface area contributed by atoms with E-state index in [2.05, 4.69) is 4.72 Å². The van der Waals surface area contributed by atoms with Gasteiger partial charge in [0.2, 0.25) is 0 Å². The van der Waals surface area contributed by atoms with Gasteiger partial charge in [-0.15, -0.1) is 0 Å². The molecule has 1 heterocycles. The second-order valence-corrected chi connectivity index (χ2v) is 8.52. The Balaban J connectivity index is 2.62. The van der Waals surface area contributed by atoms with Crippen LogP contribution in [-0.4, -0.2) is 69.0 Å². The fraction of sp³-hybridized carbons (Fsp3) is 0.923. The van der Waals surface area contributed by atoms with Crippen LogP contribution in [0.5, 0.6) is 0 Å². The number of hydrogen-bond donors (Lipinski definition) is 2. The SMILES string of the molecule is CN(C)CC(C)(C)CNS(=O)(=O)N1CCCC(C(=O)O)C1. The third-order valence-corrected chi connectivity index (χ3v) is 5.07. The minimum absolute atomic E-state index is 0.0543. The van der Waals surface area contributed by atoms with Crippen molar-refractivity contribution >= 4 is 16.2 Å². The third kappa shape index (κ3) is 5.90. The molecule has 1 atom stereocenters. The summed E-state index contributed by atoms with van der Waals surface area (Å²) in [6.07, 6.45) is 1.12. The zero-order valence-corrected chi connectivity index (χ0v) is 14.1. The van der Waals surface area contributed by atoms with Crippen molar-refractivity contribution in [3.05, 3.63) is 0 Å². The van der Waals surface area contributed by atoms with Gasteiger partial charge in [0.25, 0.3) is 10.2 Å². The average molecular weight is 321 g/mol. The van der Waals surface area contributed by atoms with Crippen LogP contribution in [0.4, 0.5) is 0 Å². The van der Waals surface area contributed by atoms with Crippen LogP contribution in [0.25, 0.3) is 0 Å². The summed E-state index contributed by atoms with van der Waals surface area (Å²) < 4.78 is 28.5. The summed E-state index contributed by atoms with van der Waals surface area (Å²) in [5.74, 6) is -1.53. The van der Waals surface area contributed by atoms with Crippen molar-refractivity contribution in [3.8, 4) is 0 Å². The number of nitrogens with zero attached hydrogens (tertiary/aromatic N) is 2. The molecule has 1 unspecified atom stereocenters.